The third-order valence-electron chi connectivity index (χ3n) is 4.04. The third-order valence-corrected chi connectivity index (χ3v) is 4.72. The number of nitrogens with zero attached hydrogens (tertiary/aromatic N) is 2. The maximum absolute atomic E-state index is 12.9. The van der Waals surface area contributed by atoms with Crippen molar-refractivity contribution in [1.82, 2.24) is 0 Å². The molecule has 6 heteroatoms. The third kappa shape index (κ3) is 4.10. The Morgan fingerprint density at radius 3 is 2.61 bits per heavy atom. The van der Waals surface area contributed by atoms with Crippen molar-refractivity contribution in [3.63, 3.8) is 0 Å². The van der Waals surface area contributed by atoms with Gasteiger partial charge in [-0.1, -0.05) is 40.0 Å². The Hall–Kier alpha value is -3.04. The Balaban J connectivity index is 1.97. The molecule has 1 aliphatic rings. The van der Waals surface area contributed by atoms with Crippen LogP contribution in [0.1, 0.15) is 19.4 Å². The highest BCUT2D eigenvalue weighted by Gasteiger charge is 2.28. The maximum Gasteiger partial charge on any atom is 0.280 e. The molecule has 0 bridgehead atoms. The fourth-order valence-electron chi connectivity index (χ4n) is 2.75. The number of benzene rings is 2. The van der Waals surface area contributed by atoms with Gasteiger partial charge < -0.3 is 9.47 Å². The van der Waals surface area contributed by atoms with Crippen LogP contribution in [0.3, 0.4) is 0 Å². The molecule has 28 heavy (non-hydrogen) atoms. The van der Waals surface area contributed by atoms with Crippen molar-refractivity contribution in [3.05, 3.63) is 58.1 Å². The number of amides is 1. The van der Waals surface area contributed by atoms with Gasteiger partial charge in [0.05, 0.1) is 23.6 Å². The molecular formula is C22H19BrN2O3. The molecule has 142 valence electrons. The molecule has 2 aromatic carbocycles. The van der Waals surface area contributed by atoms with Crippen molar-refractivity contribution in [2.75, 3.05) is 18.2 Å². The average molecular weight is 439 g/mol. The predicted molar refractivity (Wildman–Crippen MR) is 115 cm³/mol. The van der Waals surface area contributed by atoms with E-state index in [2.05, 4.69) is 27.0 Å². The van der Waals surface area contributed by atoms with E-state index in [-0.39, 0.29) is 12.5 Å². The van der Waals surface area contributed by atoms with E-state index in [0.717, 1.165) is 15.7 Å². The molecule has 0 aliphatic carbocycles. The Morgan fingerprint density at radius 2 is 1.93 bits per heavy atom. The quantitative estimate of drug-likeness (QED) is 0.486. The van der Waals surface area contributed by atoms with Crippen LogP contribution in [-0.4, -0.2) is 24.8 Å². The van der Waals surface area contributed by atoms with Gasteiger partial charge in [-0.15, -0.1) is 6.42 Å². The molecular weight excluding hydrogens is 420 g/mol. The molecule has 0 radical (unpaired) electrons. The van der Waals surface area contributed by atoms with Crippen LogP contribution in [-0.2, 0) is 4.79 Å². The minimum atomic E-state index is -0.179. The lowest BCUT2D eigenvalue weighted by atomic mass is 10.1. The second-order valence-electron chi connectivity index (χ2n) is 5.94. The number of ether oxygens (including phenoxy) is 2. The van der Waals surface area contributed by atoms with Crippen LogP contribution < -0.4 is 14.5 Å². The SMILES string of the molecule is C#CCOc1cc(Br)c(/C=C2/C(=O)N(c3ccccc3)N=C2C)cc1OCC. The van der Waals surface area contributed by atoms with Gasteiger partial charge in [-0.3, -0.25) is 4.79 Å². The molecule has 3 rings (SSSR count). The summed E-state index contributed by atoms with van der Waals surface area (Å²) in [5.74, 6) is 3.37. The van der Waals surface area contributed by atoms with E-state index in [9.17, 15) is 4.79 Å². The Labute approximate surface area is 172 Å². The molecule has 0 saturated carbocycles. The summed E-state index contributed by atoms with van der Waals surface area (Å²) in [6.45, 7) is 4.32. The first-order chi connectivity index (χ1) is 13.5. The monoisotopic (exact) mass is 438 g/mol. The molecule has 5 nitrogen and oxygen atoms in total. The number of hydrogen-bond donors (Lipinski definition) is 0. The lowest BCUT2D eigenvalue weighted by molar-refractivity contribution is -0.114. The van der Waals surface area contributed by atoms with Crippen molar-refractivity contribution in [1.29, 1.82) is 0 Å². The summed E-state index contributed by atoms with van der Waals surface area (Å²) in [5, 5.41) is 5.81. The molecule has 0 spiro atoms. The molecule has 0 fully saturated rings. The summed E-state index contributed by atoms with van der Waals surface area (Å²) < 4.78 is 12.0. The highest BCUT2D eigenvalue weighted by Crippen LogP contribution is 2.36. The summed E-state index contributed by atoms with van der Waals surface area (Å²) in [4.78, 5) is 12.9. The van der Waals surface area contributed by atoms with E-state index in [1.165, 1.54) is 5.01 Å². The van der Waals surface area contributed by atoms with Crippen LogP contribution in [0.4, 0.5) is 5.69 Å². The number of carbonyl (C=O) groups is 1. The standard InChI is InChI=1S/C22H19BrN2O3/c1-4-11-28-21-14-19(23)16(13-20(21)27-5-2)12-18-15(3)24-25(22(18)26)17-9-7-6-8-10-17/h1,6-10,12-14H,5,11H2,2-3H3/b18-12+. The van der Waals surface area contributed by atoms with Gasteiger partial charge in [-0.2, -0.15) is 10.1 Å². The molecule has 0 unspecified atom stereocenters. The van der Waals surface area contributed by atoms with Crippen molar-refractivity contribution in [2.45, 2.75) is 13.8 Å². The molecule has 0 aromatic heterocycles. The predicted octanol–water partition coefficient (Wildman–Crippen LogP) is 4.67. The van der Waals surface area contributed by atoms with Crippen LogP contribution in [0, 0.1) is 12.3 Å². The smallest absolute Gasteiger partial charge is 0.280 e. The second-order valence-corrected chi connectivity index (χ2v) is 6.80. The van der Waals surface area contributed by atoms with Crippen LogP contribution in [0.2, 0.25) is 0 Å². The summed E-state index contributed by atoms with van der Waals surface area (Å²) in [5.41, 5.74) is 2.67. The number of hydrogen-bond acceptors (Lipinski definition) is 4. The molecule has 2 aromatic rings. The van der Waals surface area contributed by atoms with Crippen molar-refractivity contribution < 1.29 is 14.3 Å². The highest BCUT2D eigenvalue weighted by molar-refractivity contribution is 9.10. The highest BCUT2D eigenvalue weighted by atomic mass is 79.9. The van der Waals surface area contributed by atoms with Crippen molar-refractivity contribution in [2.24, 2.45) is 5.10 Å². The summed E-state index contributed by atoms with van der Waals surface area (Å²) >= 11 is 3.53. The number of terminal acetylenes is 1. The number of hydrazone groups is 1. The van der Waals surface area contributed by atoms with E-state index < -0.39 is 0 Å². The summed E-state index contributed by atoms with van der Waals surface area (Å²) in [7, 11) is 0. The molecule has 1 amide bonds. The first-order valence-corrected chi connectivity index (χ1v) is 9.53. The lowest BCUT2D eigenvalue weighted by Gasteiger charge is -2.13. The minimum Gasteiger partial charge on any atom is -0.490 e. The summed E-state index contributed by atoms with van der Waals surface area (Å²) in [6, 6.07) is 12.9. The van der Waals surface area contributed by atoms with Gasteiger partial charge in [0.2, 0.25) is 0 Å². The average Bonchev–Trinajstić information content (AvgIpc) is 2.98. The van der Waals surface area contributed by atoms with E-state index in [4.69, 9.17) is 15.9 Å². The number of halogens is 1. The van der Waals surface area contributed by atoms with Gasteiger partial charge in [-0.05, 0) is 49.8 Å². The number of carbonyl (C=O) groups excluding carboxylic acids is 1. The second kappa shape index (κ2) is 8.77. The van der Waals surface area contributed by atoms with Gasteiger partial charge in [0.25, 0.3) is 5.91 Å². The largest absolute Gasteiger partial charge is 0.490 e. The van der Waals surface area contributed by atoms with Gasteiger partial charge in [0.1, 0.15) is 6.61 Å². The van der Waals surface area contributed by atoms with Crippen molar-refractivity contribution >= 4 is 39.3 Å². The van der Waals surface area contributed by atoms with E-state index >= 15 is 0 Å². The molecule has 0 saturated heterocycles. The fourth-order valence-corrected chi connectivity index (χ4v) is 3.18. The zero-order chi connectivity index (χ0) is 20.1. The summed E-state index contributed by atoms with van der Waals surface area (Å²) in [6.07, 6.45) is 7.07. The number of anilines is 1. The van der Waals surface area contributed by atoms with Gasteiger partial charge in [-0.25, -0.2) is 0 Å². The zero-order valence-electron chi connectivity index (χ0n) is 15.6. The van der Waals surface area contributed by atoms with Crippen molar-refractivity contribution in [3.8, 4) is 23.8 Å². The molecule has 1 aliphatic heterocycles. The molecule has 0 atom stereocenters. The van der Waals surface area contributed by atoms with Gasteiger partial charge in [0.15, 0.2) is 11.5 Å². The van der Waals surface area contributed by atoms with Crippen LogP contribution in [0.5, 0.6) is 11.5 Å². The molecule has 1 heterocycles. The first kappa shape index (κ1) is 19.7. The van der Waals surface area contributed by atoms with E-state index in [0.29, 0.717) is 29.4 Å². The zero-order valence-corrected chi connectivity index (χ0v) is 17.2. The van der Waals surface area contributed by atoms with Gasteiger partial charge in [0, 0.05) is 4.47 Å². The van der Waals surface area contributed by atoms with E-state index in [1.807, 2.05) is 50.2 Å². The number of para-hydroxylation sites is 1. The minimum absolute atomic E-state index is 0.142. The topological polar surface area (TPSA) is 51.1 Å². The molecule has 0 N–H and O–H groups in total. The number of rotatable bonds is 6. The van der Waals surface area contributed by atoms with Crippen LogP contribution in [0.25, 0.3) is 6.08 Å². The van der Waals surface area contributed by atoms with Gasteiger partial charge >= 0.3 is 0 Å². The van der Waals surface area contributed by atoms with Crippen LogP contribution >= 0.6 is 15.9 Å². The normalized spacial score (nSPS) is 14.8. The maximum atomic E-state index is 12.9. The first-order valence-electron chi connectivity index (χ1n) is 8.74. The Bertz CT molecular complexity index is 991. The lowest BCUT2D eigenvalue weighted by Crippen LogP contribution is -2.21. The van der Waals surface area contributed by atoms with E-state index in [1.54, 1.807) is 12.1 Å². The fraction of sp³-hybridized carbons (Fsp3) is 0.182. The Kier molecular flexibility index (Phi) is 6.17. The van der Waals surface area contributed by atoms with Crippen LogP contribution in [0.15, 0.2) is 57.6 Å². The Morgan fingerprint density at radius 1 is 1.21 bits per heavy atom.